The Labute approximate surface area is 324 Å². The summed E-state index contributed by atoms with van der Waals surface area (Å²) in [5, 5.41) is 1.72. The van der Waals surface area contributed by atoms with Gasteiger partial charge in [-0.15, -0.1) is 0 Å². The van der Waals surface area contributed by atoms with Crippen molar-refractivity contribution >= 4 is 60.9 Å². The Balaban J connectivity index is 1.12. The minimum Gasteiger partial charge on any atom is -0.335 e. The van der Waals surface area contributed by atoms with Gasteiger partial charge in [0, 0.05) is 34.0 Å². The zero-order valence-corrected chi connectivity index (χ0v) is 32.4. The molecule has 0 atom stereocenters. The van der Waals surface area contributed by atoms with E-state index >= 15 is 0 Å². The van der Waals surface area contributed by atoms with Gasteiger partial charge in [-0.1, -0.05) is 108 Å². The van der Waals surface area contributed by atoms with Crippen molar-refractivity contribution in [2.75, 3.05) is 34.4 Å². The number of carbonyl (C=O) groups excluding carboxylic acids is 1. The number of hydrogen-bond acceptors (Lipinski definition) is 9. The first kappa shape index (κ1) is 37.9. The maximum atomic E-state index is 13.7. The van der Waals surface area contributed by atoms with E-state index in [0.29, 0.717) is 37.1 Å². The van der Waals surface area contributed by atoms with E-state index in [-0.39, 0.29) is 30.1 Å². The largest absolute Gasteiger partial charge is 0.335 e. The molecule has 7 rings (SSSR count). The van der Waals surface area contributed by atoms with Crippen molar-refractivity contribution in [2.24, 2.45) is 0 Å². The average molecular weight is 799 g/mol. The molecule has 1 fully saturated rings. The fraction of sp³-hybridized carbons (Fsp3) is 0.195. The van der Waals surface area contributed by atoms with Crippen LogP contribution in [-0.4, -0.2) is 56.3 Å². The zero-order valence-electron chi connectivity index (χ0n) is 29.2. The van der Waals surface area contributed by atoms with Crippen LogP contribution >= 0.6 is 23.5 Å². The van der Waals surface area contributed by atoms with Gasteiger partial charge in [-0.05, 0) is 84.4 Å². The van der Waals surface area contributed by atoms with Crippen molar-refractivity contribution in [1.29, 1.82) is 0 Å². The molecule has 0 bridgehead atoms. The summed E-state index contributed by atoms with van der Waals surface area (Å²) in [5.41, 5.74) is 7.41. The van der Waals surface area contributed by atoms with Crippen molar-refractivity contribution < 1.29 is 30.7 Å². The van der Waals surface area contributed by atoms with Crippen LogP contribution in [0.15, 0.2) is 152 Å². The Bertz CT molecular complexity index is 2260. The molecule has 0 spiro atoms. The molecule has 2 aliphatic heterocycles. The third-order valence-corrected chi connectivity index (χ3v) is 13.2. The highest BCUT2D eigenvalue weighted by molar-refractivity contribution is 8.04. The predicted molar refractivity (Wildman–Crippen MR) is 219 cm³/mol. The van der Waals surface area contributed by atoms with Gasteiger partial charge in [0.15, 0.2) is 5.78 Å². The second-order valence-corrected chi connectivity index (χ2v) is 18.4. The van der Waals surface area contributed by atoms with Gasteiger partial charge in [-0.2, -0.15) is 16.8 Å². The summed E-state index contributed by atoms with van der Waals surface area (Å²) in [7, 11) is -8.23. The molecular weight excluding hydrogens is 761 g/mol. The van der Waals surface area contributed by atoms with Gasteiger partial charge in [0.25, 0.3) is 20.2 Å². The number of Topliss-reactive ketones (excluding diaryl/α,β-unsaturated/α-hetero) is 1. The number of carbonyl (C=O) groups is 1. The zero-order chi connectivity index (χ0) is 37.9. The van der Waals surface area contributed by atoms with E-state index < -0.39 is 20.2 Å². The number of allylic oxidation sites excluding steroid dienone is 6. The summed E-state index contributed by atoms with van der Waals surface area (Å²) in [6.45, 7) is 0.737. The van der Waals surface area contributed by atoms with Crippen LogP contribution < -0.4 is 9.80 Å². The molecule has 0 amide bonds. The molecular formula is C41H38N2O7S4. The number of anilines is 2. The van der Waals surface area contributed by atoms with Crippen LogP contribution in [0.3, 0.4) is 0 Å². The SMILES string of the molecule is O=C1/C(=C\C=C2\Sc3ccc(-c4ccccc4)cc3N2CCCS(=O)(=O)O)CC/C1=C\C=C1\Sc2ccc(-c3ccccc3)cc2N1CCCS(=O)(=O)O. The molecule has 2 heterocycles. The maximum Gasteiger partial charge on any atom is 0.264 e. The smallest absolute Gasteiger partial charge is 0.264 e. The van der Waals surface area contributed by atoms with Crippen LogP contribution in [0.1, 0.15) is 25.7 Å². The molecule has 13 heteroatoms. The van der Waals surface area contributed by atoms with Gasteiger partial charge in [-0.25, -0.2) is 0 Å². The highest BCUT2D eigenvalue weighted by Crippen LogP contribution is 2.49. The molecule has 1 saturated carbocycles. The van der Waals surface area contributed by atoms with Crippen LogP contribution in [0.5, 0.6) is 0 Å². The fourth-order valence-electron chi connectivity index (χ4n) is 6.71. The summed E-state index contributed by atoms with van der Waals surface area (Å²) in [4.78, 5) is 19.8. The van der Waals surface area contributed by atoms with Crippen molar-refractivity contribution in [2.45, 2.75) is 35.5 Å². The topological polar surface area (TPSA) is 132 Å². The van der Waals surface area contributed by atoms with E-state index in [1.807, 2.05) is 94.8 Å². The van der Waals surface area contributed by atoms with Crippen LogP contribution in [0, 0.1) is 0 Å². The average Bonchev–Trinajstić information content (AvgIpc) is 3.81. The summed E-state index contributed by atoms with van der Waals surface area (Å²) in [5.74, 6) is -0.750. The van der Waals surface area contributed by atoms with E-state index in [1.54, 1.807) is 23.5 Å². The third kappa shape index (κ3) is 9.11. The first-order valence-corrected chi connectivity index (χ1v) is 22.3. The minimum atomic E-state index is -4.11. The molecule has 0 unspecified atom stereocenters. The molecule has 0 radical (unpaired) electrons. The first-order chi connectivity index (χ1) is 25.9. The van der Waals surface area contributed by atoms with Crippen molar-refractivity contribution in [3.05, 3.63) is 143 Å². The number of fused-ring (bicyclic) bond motifs is 2. The molecule has 0 saturated heterocycles. The minimum absolute atomic E-state index is 0.0432. The van der Waals surface area contributed by atoms with Gasteiger partial charge in [0.1, 0.15) is 0 Å². The summed E-state index contributed by atoms with van der Waals surface area (Å²) >= 11 is 3.11. The van der Waals surface area contributed by atoms with Gasteiger partial charge in [0.05, 0.1) is 32.9 Å². The standard InChI is InChI=1S/C41H38N2O7S4/c44-41-31(17-21-39-42(23-7-25-53(45,46)47)35-27-33(15-19-37(35)51-39)29-9-3-1-4-10-29)13-14-32(41)18-22-40-43(24-8-26-54(48,49)50)36-28-34(16-20-38(36)52-40)30-11-5-2-6-12-30/h1-6,9-12,15-22,27-28H,7-8,13-14,23-26H2,(H,45,46,47)(H,48,49,50)/b31-17-,32-18+,39-21+,40-22+. The Morgan fingerprint density at radius 1 is 0.556 bits per heavy atom. The quantitative estimate of drug-likeness (QED) is 0.105. The van der Waals surface area contributed by atoms with Crippen LogP contribution in [-0.2, 0) is 25.0 Å². The Kier molecular flexibility index (Phi) is 11.3. The van der Waals surface area contributed by atoms with E-state index in [4.69, 9.17) is 0 Å². The molecule has 54 heavy (non-hydrogen) atoms. The number of hydrogen-bond donors (Lipinski definition) is 2. The second kappa shape index (κ2) is 16.2. The molecule has 1 aliphatic carbocycles. The lowest BCUT2D eigenvalue weighted by atomic mass is 10.0. The molecule has 0 aromatic heterocycles. The lowest BCUT2D eigenvalue weighted by Crippen LogP contribution is -2.21. The number of ketones is 1. The highest BCUT2D eigenvalue weighted by Gasteiger charge is 2.29. The number of nitrogens with zero attached hydrogens (tertiary/aromatic N) is 2. The van der Waals surface area contributed by atoms with Gasteiger partial charge in [-0.3, -0.25) is 13.9 Å². The van der Waals surface area contributed by atoms with Crippen molar-refractivity contribution in [3.8, 4) is 22.3 Å². The Morgan fingerprint density at radius 2 is 0.963 bits per heavy atom. The molecule has 4 aromatic carbocycles. The second-order valence-electron chi connectivity index (χ2n) is 13.1. The molecule has 9 nitrogen and oxygen atoms in total. The van der Waals surface area contributed by atoms with Crippen molar-refractivity contribution in [3.63, 3.8) is 0 Å². The van der Waals surface area contributed by atoms with Crippen LogP contribution in [0.25, 0.3) is 22.3 Å². The number of thioether (sulfide) groups is 2. The molecule has 3 aliphatic rings. The summed E-state index contributed by atoms with van der Waals surface area (Å²) in [6.07, 6.45) is 9.14. The monoisotopic (exact) mass is 798 g/mol. The van der Waals surface area contributed by atoms with Crippen LogP contribution in [0.2, 0.25) is 0 Å². The molecule has 4 aromatic rings. The van der Waals surface area contributed by atoms with Crippen LogP contribution in [0.4, 0.5) is 11.4 Å². The lowest BCUT2D eigenvalue weighted by molar-refractivity contribution is -0.111. The normalized spacial score (nSPS) is 18.7. The maximum absolute atomic E-state index is 13.7. The van der Waals surface area contributed by atoms with E-state index in [0.717, 1.165) is 53.5 Å². The van der Waals surface area contributed by atoms with Crippen molar-refractivity contribution in [1.82, 2.24) is 0 Å². The van der Waals surface area contributed by atoms with Gasteiger partial charge in [0.2, 0.25) is 0 Å². The molecule has 278 valence electrons. The predicted octanol–water partition coefficient (Wildman–Crippen LogP) is 9.00. The number of rotatable bonds is 12. The fourth-order valence-corrected chi connectivity index (χ4v) is 9.84. The first-order valence-electron chi connectivity index (χ1n) is 17.5. The Hall–Kier alpha value is -4.37. The van der Waals surface area contributed by atoms with Gasteiger partial charge < -0.3 is 9.80 Å². The molecule has 2 N–H and O–H groups in total. The highest BCUT2D eigenvalue weighted by atomic mass is 32.2. The van der Waals surface area contributed by atoms with E-state index in [1.165, 1.54) is 0 Å². The summed E-state index contributed by atoms with van der Waals surface area (Å²) in [6, 6.07) is 32.4. The lowest BCUT2D eigenvalue weighted by Gasteiger charge is -2.20. The number of benzene rings is 4. The van der Waals surface area contributed by atoms with E-state index in [9.17, 15) is 30.7 Å². The third-order valence-electron chi connectivity index (χ3n) is 9.34. The van der Waals surface area contributed by atoms with Gasteiger partial charge >= 0.3 is 0 Å². The summed E-state index contributed by atoms with van der Waals surface area (Å²) < 4.78 is 64.9. The van der Waals surface area contributed by atoms with E-state index in [2.05, 4.69) is 36.4 Å². The Morgan fingerprint density at radius 3 is 1.35 bits per heavy atom.